The van der Waals surface area contributed by atoms with E-state index in [9.17, 15) is 8.42 Å². The van der Waals surface area contributed by atoms with Crippen molar-refractivity contribution in [2.75, 3.05) is 37.8 Å². The van der Waals surface area contributed by atoms with E-state index < -0.39 is 9.84 Å². The molecule has 0 saturated heterocycles. The molecule has 0 bridgehead atoms. The summed E-state index contributed by atoms with van der Waals surface area (Å²) in [7, 11) is -2.80. The third-order valence-corrected chi connectivity index (χ3v) is 3.91. The molecule has 0 rings (SSSR count). The lowest BCUT2D eigenvalue weighted by atomic mass is 10.2. The smallest absolute Gasteiger partial charge is 0.150 e. The van der Waals surface area contributed by atoms with Crippen LogP contribution in [0.3, 0.4) is 0 Å². The predicted octanol–water partition coefficient (Wildman–Crippen LogP) is 1.07. The van der Waals surface area contributed by atoms with Gasteiger partial charge in [-0.25, -0.2) is 8.42 Å². The normalized spacial score (nSPS) is 12.2. The Bertz CT molecular complexity index is 250. The molecule has 0 aromatic heterocycles. The second-order valence-electron chi connectivity index (χ2n) is 4.31. The highest BCUT2D eigenvalue weighted by atomic mass is 32.2. The van der Waals surface area contributed by atoms with Gasteiger partial charge in [-0.15, -0.1) is 0 Å². The highest BCUT2D eigenvalue weighted by Gasteiger charge is 2.05. The average Bonchev–Trinajstić information content (AvgIpc) is 2.21. The van der Waals surface area contributed by atoms with Gasteiger partial charge in [0.25, 0.3) is 0 Å². The Kier molecular flexibility index (Phi) is 8.89. The minimum absolute atomic E-state index is 0.241. The van der Waals surface area contributed by atoms with E-state index in [1.807, 2.05) is 0 Å². The highest BCUT2D eigenvalue weighted by molar-refractivity contribution is 7.91. The van der Waals surface area contributed by atoms with E-state index >= 15 is 0 Å². The van der Waals surface area contributed by atoms with Gasteiger partial charge < -0.3 is 10.1 Å². The molecule has 0 saturated carbocycles. The van der Waals surface area contributed by atoms with Gasteiger partial charge >= 0.3 is 0 Å². The first-order valence-electron chi connectivity index (χ1n) is 5.97. The molecule has 0 aromatic rings. The van der Waals surface area contributed by atoms with E-state index in [0.717, 1.165) is 19.7 Å². The Labute approximate surface area is 99.7 Å². The molecular weight excluding hydrogens is 226 g/mol. The van der Waals surface area contributed by atoms with Crippen molar-refractivity contribution >= 4 is 9.84 Å². The maximum absolute atomic E-state index is 11.2. The van der Waals surface area contributed by atoms with Gasteiger partial charge in [0, 0.05) is 18.9 Å². The fourth-order valence-corrected chi connectivity index (χ4v) is 2.02. The number of rotatable bonds is 10. The van der Waals surface area contributed by atoms with Crippen LogP contribution < -0.4 is 5.32 Å². The van der Waals surface area contributed by atoms with Crippen LogP contribution in [0.25, 0.3) is 0 Å². The summed E-state index contributed by atoms with van der Waals surface area (Å²) in [6, 6.07) is 0. The van der Waals surface area contributed by atoms with E-state index in [1.165, 1.54) is 0 Å². The van der Waals surface area contributed by atoms with E-state index in [2.05, 4.69) is 19.2 Å². The van der Waals surface area contributed by atoms with Crippen LogP contribution in [0.15, 0.2) is 0 Å². The van der Waals surface area contributed by atoms with Crippen LogP contribution in [-0.4, -0.2) is 46.2 Å². The Morgan fingerprint density at radius 3 is 2.50 bits per heavy atom. The monoisotopic (exact) mass is 251 g/mol. The van der Waals surface area contributed by atoms with Gasteiger partial charge in [-0.05, 0) is 18.9 Å². The predicted molar refractivity (Wildman–Crippen MR) is 67.5 cm³/mol. The number of sulfone groups is 1. The minimum Gasteiger partial charge on any atom is -0.380 e. The summed E-state index contributed by atoms with van der Waals surface area (Å²) in [5, 5.41) is 3.17. The van der Waals surface area contributed by atoms with E-state index in [1.54, 1.807) is 6.92 Å². The summed E-state index contributed by atoms with van der Waals surface area (Å²) in [4.78, 5) is 0. The van der Waals surface area contributed by atoms with Gasteiger partial charge in [0.05, 0.1) is 12.4 Å². The van der Waals surface area contributed by atoms with Gasteiger partial charge in [0.1, 0.15) is 9.84 Å². The Hall–Kier alpha value is -0.130. The van der Waals surface area contributed by atoms with Gasteiger partial charge in [-0.1, -0.05) is 20.8 Å². The first kappa shape index (κ1) is 15.9. The van der Waals surface area contributed by atoms with Gasteiger partial charge in [-0.3, -0.25) is 0 Å². The van der Waals surface area contributed by atoms with E-state index in [4.69, 9.17) is 4.74 Å². The lowest BCUT2D eigenvalue weighted by Gasteiger charge is -2.07. The first-order chi connectivity index (χ1) is 7.48. The van der Waals surface area contributed by atoms with Crippen LogP contribution in [0.2, 0.25) is 0 Å². The summed E-state index contributed by atoms with van der Waals surface area (Å²) in [5.41, 5.74) is 0. The van der Waals surface area contributed by atoms with Crippen LogP contribution in [0.4, 0.5) is 0 Å². The van der Waals surface area contributed by atoms with Crippen molar-refractivity contribution in [2.24, 2.45) is 5.92 Å². The molecule has 5 heteroatoms. The summed E-state index contributed by atoms with van der Waals surface area (Å²) in [6.45, 7) is 8.92. The molecule has 98 valence electrons. The molecule has 0 atom stereocenters. The van der Waals surface area contributed by atoms with Crippen LogP contribution in [-0.2, 0) is 14.6 Å². The molecule has 16 heavy (non-hydrogen) atoms. The summed E-state index contributed by atoms with van der Waals surface area (Å²) >= 11 is 0. The second-order valence-corrected chi connectivity index (χ2v) is 6.78. The van der Waals surface area contributed by atoms with Gasteiger partial charge in [0.15, 0.2) is 0 Å². The SMILES string of the molecule is CCS(=O)(=O)CCCNCCOCC(C)C. The topological polar surface area (TPSA) is 55.4 Å². The third-order valence-electron chi connectivity index (χ3n) is 2.12. The van der Waals surface area contributed by atoms with Crippen LogP contribution in [0.1, 0.15) is 27.2 Å². The lowest BCUT2D eigenvalue weighted by Crippen LogP contribution is -2.23. The Morgan fingerprint density at radius 2 is 1.94 bits per heavy atom. The minimum atomic E-state index is -2.80. The van der Waals surface area contributed by atoms with E-state index in [0.29, 0.717) is 18.9 Å². The van der Waals surface area contributed by atoms with Crippen molar-refractivity contribution in [2.45, 2.75) is 27.2 Å². The molecular formula is C11H25NO3S. The molecule has 0 radical (unpaired) electrons. The standard InChI is InChI=1S/C11H25NO3S/c1-4-16(13,14)9-5-6-12-7-8-15-10-11(2)3/h11-12H,4-10H2,1-3H3. The molecule has 4 nitrogen and oxygen atoms in total. The van der Waals surface area contributed by atoms with Crippen molar-refractivity contribution in [3.63, 3.8) is 0 Å². The zero-order valence-corrected chi connectivity index (χ0v) is 11.5. The first-order valence-corrected chi connectivity index (χ1v) is 7.79. The molecule has 0 aliphatic carbocycles. The van der Waals surface area contributed by atoms with Gasteiger partial charge in [-0.2, -0.15) is 0 Å². The van der Waals surface area contributed by atoms with Crippen LogP contribution in [0.5, 0.6) is 0 Å². The maximum Gasteiger partial charge on any atom is 0.150 e. The molecule has 0 aliphatic rings. The van der Waals surface area contributed by atoms with Crippen molar-refractivity contribution in [3.05, 3.63) is 0 Å². The number of ether oxygens (including phenoxy) is 1. The highest BCUT2D eigenvalue weighted by Crippen LogP contribution is 1.93. The largest absolute Gasteiger partial charge is 0.380 e. The molecule has 0 fully saturated rings. The zero-order valence-electron chi connectivity index (χ0n) is 10.7. The number of hydrogen-bond acceptors (Lipinski definition) is 4. The second kappa shape index (κ2) is 8.96. The quantitative estimate of drug-likeness (QED) is 0.590. The third kappa shape index (κ3) is 10.4. The molecule has 0 unspecified atom stereocenters. The van der Waals surface area contributed by atoms with E-state index in [-0.39, 0.29) is 11.5 Å². The summed E-state index contributed by atoms with van der Waals surface area (Å²) in [6.07, 6.45) is 0.681. The summed E-state index contributed by atoms with van der Waals surface area (Å²) in [5.74, 6) is 1.09. The average molecular weight is 251 g/mol. The Balaban J connectivity index is 3.22. The Morgan fingerprint density at radius 1 is 1.25 bits per heavy atom. The fourth-order valence-electron chi connectivity index (χ4n) is 1.15. The maximum atomic E-state index is 11.2. The van der Waals surface area contributed by atoms with Crippen LogP contribution in [0, 0.1) is 5.92 Å². The number of hydrogen-bond donors (Lipinski definition) is 1. The fraction of sp³-hybridized carbons (Fsp3) is 1.00. The van der Waals surface area contributed by atoms with Crippen LogP contribution >= 0.6 is 0 Å². The molecule has 0 heterocycles. The number of nitrogens with one attached hydrogen (secondary N) is 1. The van der Waals surface area contributed by atoms with Crippen molar-refractivity contribution < 1.29 is 13.2 Å². The molecule has 1 N–H and O–H groups in total. The summed E-state index contributed by atoms with van der Waals surface area (Å²) < 4.78 is 27.7. The van der Waals surface area contributed by atoms with Crippen molar-refractivity contribution in [1.29, 1.82) is 0 Å². The molecule has 0 aliphatic heterocycles. The zero-order chi connectivity index (χ0) is 12.4. The van der Waals surface area contributed by atoms with Gasteiger partial charge in [0.2, 0.25) is 0 Å². The molecule has 0 aromatic carbocycles. The van der Waals surface area contributed by atoms with Crippen molar-refractivity contribution in [3.8, 4) is 0 Å². The van der Waals surface area contributed by atoms with Crippen molar-refractivity contribution in [1.82, 2.24) is 5.32 Å². The molecule has 0 spiro atoms. The molecule has 0 amide bonds. The lowest BCUT2D eigenvalue weighted by molar-refractivity contribution is 0.112.